The molecule has 0 aliphatic carbocycles. The highest BCUT2D eigenvalue weighted by Crippen LogP contribution is 2.11. The van der Waals surface area contributed by atoms with Crippen LogP contribution in [0, 0.1) is 0 Å². The molecule has 0 fully saturated rings. The highest BCUT2D eigenvalue weighted by molar-refractivity contribution is 5.87. The number of aromatic carboxylic acids is 1. The molecule has 0 heterocycles. The van der Waals surface area contributed by atoms with E-state index in [0.29, 0.717) is 19.4 Å². The van der Waals surface area contributed by atoms with Gasteiger partial charge in [0.15, 0.2) is 0 Å². The Kier molecular flexibility index (Phi) is 5.06. The van der Waals surface area contributed by atoms with E-state index in [2.05, 4.69) is 0 Å². The summed E-state index contributed by atoms with van der Waals surface area (Å²) in [5, 5.41) is 10.1. The monoisotopic (exact) mass is 265 g/mol. The molecule has 0 saturated carbocycles. The normalized spacial score (nSPS) is 11.1. The lowest BCUT2D eigenvalue weighted by Gasteiger charge is -2.26. The van der Waals surface area contributed by atoms with Crippen LogP contribution in [0.4, 0.5) is 0 Å². The van der Waals surface area contributed by atoms with Crippen molar-refractivity contribution in [3.05, 3.63) is 35.4 Å². The van der Waals surface area contributed by atoms with Crippen molar-refractivity contribution in [2.24, 2.45) is 0 Å². The number of amides is 1. The number of carbonyl (C=O) groups is 2. The predicted molar refractivity (Wildman–Crippen MR) is 70.7 cm³/mol. The first-order valence-corrected chi connectivity index (χ1v) is 6.05. The van der Waals surface area contributed by atoms with Crippen molar-refractivity contribution in [2.45, 2.75) is 32.8 Å². The standard InChI is InChI=1S/C14H19NO4/c1-14(2,3)19-15(10-16)8-7-11-5-4-6-12(9-11)13(17)18/h4-6,9-10H,7-8H2,1-3H3,(H,17,18). The molecule has 104 valence electrons. The fourth-order valence-corrected chi connectivity index (χ4v) is 1.57. The lowest BCUT2D eigenvalue weighted by Crippen LogP contribution is -2.34. The molecule has 0 aliphatic heterocycles. The Balaban J connectivity index is 2.62. The maximum Gasteiger partial charge on any atom is 0.335 e. The van der Waals surface area contributed by atoms with Gasteiger partial charge in [-0.3, -0.25) is 9.63 Å². The second kappa shape index (κ2) is 6.33. The van der Waals surface area contributed by atoms with E-state index >= 15 is 0 Å². The molecule has 1 N–H and O–H groups in total. The van der Waals surface area contributed by atoms with Gasteiger partial charge in [0.25, 0.3) is 0 Å². The minimum Gasteiger partial charge on any atom is -0.478 e. The number of hydroxylamine groups is 2. The Labute approximate surface area is 112 Å². The van der Waals surface area contributed by atoms with Crippen molar-refractivity contribution in [2.75, 3.05) is 6.54 Å². The molecule has 1 amide bonds. The average Bonchev–Trinajstić information content (AvgIpc) is 2.33. The first-order valence-electron chi connectivity index (χ1n) is 6.05. The van der Waals surface area contributed by atoms with Crippen LogP contribution in [0.2, 0.25) is 0 Å². The topological polar surface area (TPSA) is 66.8 Å². The average molecular weight is 265 g/mol. The number of rotatable bonds is 6. The number of carboxylic acids is 1. The fourth-order valence-electron chi connectivity index (χ4n) is 1.57. The van der Waals surface area contributed by atoms with E-state index in [4.69, 9.17) is 9.94 Å². The molecule has 1 aromatic rings. The zero-order valence-corrected chi connectivity index (χ0v) is 11.4. The third-order valence-electron chi connectivity index (χ3n) is 2.30. The Morgan fingerprint density at radius 2 is 2.11 bits per heavy atom. The molecule has 5 heteroatoms. The third-order valence-corrected chi connectivity index (χ3v) is 2.30. The minimum atomic E-state index is -0.958. The van der Waals surface area contributed by atoms with E-state index < -0.39 is 11.6 Å². The molecule has 0 aromatic heterocycles. The largest absolute Gasteiger partial charge is 0.478 e. The summed E-state index contributed by atoms with van der Waals surface area (Å²) in [7, 11) is 0. The maximum atomic E-state index is 10.9. The molecule has 0 aliphatic rings. The van der Waals surface area contributed by atoms with Crippen LogP contribution in [0.3, 0.4) is 0 Å². The second-order valence-electron chi connectivity index (χ2n) is 5.21. The minimum absolute atomic E-state index is 0.242. The predicted octanol–water partition coefficient (Wildman–Crippen LogP) is 2.12. The van der Waals surface area contributed by atoms with Gasteiger partial charge >= 0.3 is 5.97 Å². The molecule has 1 aromatic carbocycles. The second-order valence-corrected chi connectivity index (χ2v) is 5.21. The van der Waals surface area contributed by atoms with Crippen LogP contribution < -0.4 is 0 Å². The molecule has 0 radical (unpaired) electrons. The van der Waals surface area contributed by atoms with Gasteiger partial charge in [-0.25, -0.2) is 9.86 Å². The van der Waals surface area contributed by atoms with E-state index in [9.17, 15) is 9.59 Å². The van der Waals surface area contributed by atoms with Crippen LogP contribution in [0.1, 0.15) is 36.7 Å². The van der Waals surface area contributed by atoms with Crippen molar-refractivity contribution in [1.29, 1.82) is 0 Å². The quantitative estimate of drug-likeness (QED) is 0.632. The van der Waals surface area contributed by atoms with Crippen LogP contribution in [0.5, 0.6) is 0 Å². The van der Waals surface area contributed by atoms with Crippen molar-refractivity contribution in [3.63, 3.8) is 0 Å². The molecule has 1 rings (SSSR count). The molecular weight excluding hydrogens is 246 g/mol. The van der Waals surface area contributed by atoms with Gasteiger partial charge in [0, 0.05) is 0 Å². The van der Waals surface area contributed by atoms with Crippen molar-refractivity contribution in [3.8, 4) is 0 Å². The summed E-state index contributed by atoms with van der Waals surface area (Å²) >= 11 is 0. The molecule has 0 saturated heterocycles. The molecule has 0 spiro atoms. The summed E-state index contributed by atoms with van der Waals surface area (Å²) in [5.41, 5.74) is 0.653. The van der Waals surface area contributed by atoms with E-state index in [-0.39, 0.29) is 5.56 Å². The van der Waals surface area contributed by atoms with E-state index in [1.165, 1.54) is 11.1 Å². The maximum absolute atomic E-state index is 10.9. The summed E-state index contributed by atoms with van der Waals surface area (Å²) in [5.74, 6) is -0.958. The van der Waals surface area contributed by atoms with Crippen LogP contribution in [-0.4, -0.2) is 34.7 Å². The summed E-state index contributed by atoms with van der Waals surface area (Å²) < 4.78 is 0. The zero-order chi connectivity index (χ0) is 14.5. The number of carboxylic acid groups (broad SMARTS) is 1. The first kappa shape index (κ1) is 15.2. The van der Waals surface area contributed by atoms with Crippen molar-refractivity contribution < 1.29 is 19.5 Å². The Bertz CT molecular complexity index is 451. The Morgan fingerprint density at radius 3 is 2.63 bits per heavy atom. The summed E-state index contributed by atoms with van der Waals surface area (Å²) in [6.45, 7) is 5.95. The third kappa shape index (κ3) is 5.52. The first-order chi connectivity index (χ1) is 8.81. The van der Waals surface area contributed by atoms with Crippen molar-refractivity contribution >= 4 is 12.4 Å². The lowest BCUT2D eigenvalue weighted by atomic mass is 10.1. The molecule has 5 nitrogen and oxygen atoms in total. The summed E-state index contributed by atoms with van der Waals surface area (Å²) in [6, 6.07) is 6.65. The van der Waals surface area contributed by atoms with Gasteiger partial charge in [0.2, 0.25) is 6.41 Å². The van der Waals surface area contributed by atoms with Gasteiger partial charge in [-0.2, -0.15) is 0 Å². The highest BCUT2D eigenvalue weighted by Gasteiger charge is 2.16. The summed E-state index contributed by atoms with van der Waals surface area (Å²) in [6.07, 6.45) is 1.17. The van der Waals surface area contributed by atoms with Crippen molar-refractivity contribution in [1.82, 2.24) is 5.06 Å². The van der Waals surface area contributed by atoms with Crippen LogP contribution in [0.25, 0.3) is 0 Å². The van der Waals surface area contributed by atoms with Crippen LogP contribution in [0.15, 0.2) is 24.3 Å². The molecule has 0 bridgehead atoms. The van der Waals surface area contributed by atoms with Crippen LogP contribution in [-0.2, 0) is 16.1 Å². The smallest absolute Gasteiger partial charge is 0.335 e. The van der Waals surface area contributed by atoms with Gasteiger partial charge in [-0.15, -0.1) is 0 Å². The number of carbonyl (C=O) groups excluding carboxylic acids is 1. The molecular formula is C14H19NO4. The molecule has 0 unspecified atom stereocenters. The molecule has 19 heavy (non-hydrogen) atoms. The SMILES string of the molecule is CC(C)(C)ON(C=O)CCc1cccc(C(=O)O)c1. The van der Waals surface area contributed by atoms with Crippen LogP contribution >= 0.6 is 0 Å². The molecule has 0 atom stereocenters. The fraction of sp³-hybridized carbons (Fsp3) is 0.429. The lowest BCUT2D eigenvalue weighted by molar-refractivity contribution is -0.215. The van der Waals surface area contributed by atoms with E-state index in [0.717, 1.165) is 5.56 Å². The van der Waals surface area contributed by atoms with E-state index in [1.54, 1.807) is 12.1 Å². The number of hydrogen-bond donors (Lipinski definition) is 1. The van der Waals surface area contributed by atoms with Gasteiger partial charge < -0.3 is 5.11 Å². The number of benzene rings is 1. The van der Waals surface area contributed by atoms with Gasteiger partial charge in [-0.1, -0.05) is 12.1 Å². The summed E-state index contributed by atoms with van der Waals surface area (Å²) in [4.78, 5) is 27.2. The van der Waals surface area contributed by atoms with E-state index in [1.807, 2.05) is 26.8 Å². The number of hydrogen-bond acceptors (Lipinski definition) is 3. The number of nitrogens with zero attached hydrogens (tertiary/aromatic N) is 1. The Morgan fingerprint density at radius 1 is 1.42 bits per heavy atom. The van der Waals surface area contributed by atoms with Gasteiger partial charge in [0.1, 0.15) is 0 Å². The zero-order valence-electron chi connectivity index (χ0n) is 11.4. The highest BCUT2D eigenvalue weighted by atomic mass is 16.7. The van der Waals surface area contributed by atoms with Gasteiger partial charge in [-0.05, 0) is 44.9 Å². The van der Waals surface area contributed by atoms with Gasteiger partial charge in [0.05, 0.1) is 17.7 Å². The Hall–Kier alpha value is -1.88.